The summed E-state index contributed by atoms with van der Waals surface area (Å²) in [6.07, 6.45) is 2.22. The van der Waals surface area contributed by atoms with Crippen LogP contribution in [0.5, 0.6) is 0 Å². The van der Waals surface area contributed by atoms with E-state index in [0.717, 1.165) is 35.2 Å². The van der Waals surface area contributed by atoms with Crippen molar-refractivity contribution in [1.82, 2.24) is 9.55 Å². The number of methoxy groups -OCH3 is 1. The number of esters is 1. The van der Waals surface area contributed by atoms with Crippen LogP contribution in [0.25, 0.3) is 28.1 Å². The highest BCUT2D eigenvalue weighted by Crippen LogP contribution is 2.47. The molecule has 0 saturated carbocycles. The Labute approximate surface area is 216 Å². The summed E-state index contributed by atoms with van der Waals surface area (Å²) in [6, 6.07) is 16.4. The molecule has 1 aliphatic rings. The van der Waals surface area contributed by atoms with E-state index in [1.165, 1.54) is 30.4 Å². The van der Waals surface area contributed by atoms with Crippen molar-refractivity contribution in [3.8, 4) is 17.1 Å². The molecule has 0 unspecified atom stereocenters. The number of carbonyl (C=O) groups is 1. The van der Waals surface area contributed by atoms with E-state index in [4.69, 9.17) is 9.72 Å². The minimum absolute atomic E-state index is 0.0216. The average Bonchev–Trinajstić information content (AvgIpc) is 3.24. The first-order chi connectivity index (χ1) is 17.4. The van der Waals surface area contributed by atoms with Crippen LogP contribution in [0.4, 0.5) is 5.69 Å². The zero-order valence-corrected chi connectivity index (χ0v) is 22.1. The summed E-state index contributed by atoms with van der Waals surface area (Å²) in [4.78, 5) is 28.0. The minimum Gasteiger partial charge on any atom is -0.465 e. The predicted octanol–water partition coefficient (Wildman–Crippen LogP) is 7.04. The van der Waals surface area contributed by atoms with Gasteiger partial charge in [0, 0.05) is 17.7 Å². The molecular weight excluding hydrogens is 466 g/mol. The predicted molar refractivity (Wildman–Crippen MR) is 145 cm³/mol. The molecule has 0 N–H and O–H groups in total. The van der Waals surface area contributed by atoms with Crippen LogP contribution in [0.1, 0.15) is 67.6 Å². The maximum Gasteiger partial charge on any atom is 0.337 e. The molecule has 5 rings (SSSR count). The molecule has 0 radical (unpaired) electrons. The van der Waals surface area contributed by atoms with E-state index in [0.29, 0.717) is 16.9 Å². The van der Waals surface area contributed by atoms with Gasteiger partial charge < -0.3 is 4.74 Å². The summed E-state index contributed by atoms with van der Waals surface area (Å²) in [5.41, 5.74) is 7.61. The molecule has 7 heteroatoms. The second kappa shape index (κ2) is 8.54. The smallest absolute Gasteiger partial charge is 0.337 e. The first-order valence-electron chi connectivity index (χ1n) is 12.4. The third-order valence-electron chi connectivity index (χ3n) is 7.82. The van der Waals surface area contributed by atoms with Crippen LogP contribution in [0, 0.1) is 17.0 Å². The number of imidazole rings is 1. The monoisotopic (exact) mass is 497 g/mol. The number of carbonyl (C=O) groups excluding carboxylic acids is 1. The van der Waals surface area contributed by atoms with Crippen molar-refractivity contribution in [1.29, 1.82) is 0 Å². The summed E-state index contributed by atoms with van der Waals surface area (Å²) < 4.78 is 7.02. The number of hydrogen-bond donors (Lipinski definition) is 0. The van der Waals surface area contributed by atoms with Gasteiger partial charge >= 0.3 is 5.97 Å². The fourth-order valence-corrected chi connectivity index (χ4v) is 5.45. The molecule has 0 saturated heterocycles. The van der Waals surface area contributed by atoms with Gasteiger partial charge in [0.2, 0.25) is 0 Å². The quantitative estimate of drug-likeness (QED) is 0.171. The molecule has 0 fully saturated rings. The maximum absolute atomic E-state index is 12.2. The zero-order chi connectivity index (χ0) is 26.7. The lowest BCUT2D eigenvalue weighted by atomic mass is 9.63. The molecule has 0 amide bonds. The lowest BCUT2D eigenvalue weighted by Gasteiger charge is -2.42. The Bertz CT molecular complexity index is 1560. The highest BCUT2D eigenvalue weighted by atomic mass is 16.6. The third-order valence-corrected chi connectivity index (χ3v) is 7.82. The minimum atomic E-state index is -0.428. The van der Waals surface area contributed by atoms with Crippen molar-refractivity contribution in [3.05, 3.63) is 87.0 Å². The van der Waals surface area contributed by atoms with Crippen molar-refractivity contribution in [2.45, 2.75) is 58.3 Å². The van der Waals surface area contributed by atoms with E-state index in [-0.39, 0.29) is 16.5 Å². The van der Waals surface area contributed by atoms with Crippen molar-refractivity contribution < 1.29 is 14.5 Å². The van der Waals surface area contributed by atoms with Gasteiger partial charge in [-0.2, -0.15) is 0 Å². The van der Waals surface area contributed by atoms with Gasteiger partial charge in [-0.3, -0.25) is 14.7 Å². The van der Waals surface area contributed by atoms with Crippen molar-refractivity contribution in [2.75, 3.05) is 7.11 Å². The van der Waals surface area contributed by atoms with Crippen molar-refractivity contribution in [2.24, 2.45) is 0 Å². The molecule has 1 aliphatic carbocycles. The molecule has 4 aromatic rings. The Kier molecular flexibility index (Phi) is 5.70. The number of benzene rings is 3. The Hall–Kier alpha value is -4.00. The van der Waals surface area contributed by atoms with E-state index in [1.807, 2.05) is 6.07 Å². The lowest BCUT2D eigenvalue weighted by Crippen LogP contribution is -2.34. The Morgan fingerprint density at radius 2 is 1.59 bits per heavy atom. The molecule has 0 aliphatic heterocycles. The summed E-state index contributed by atoms with van der Waals surface area (Å²) >= 11 is 0. The molecule has 3 aromatic carbocycles. The van der Waals surface area contributed by atoms with Gasteiger partial charge in [-0.15, -0.1) is 0 Å². The number of nitro benzene ring substituents is 1. The van der Waals surface area contributed by atoms with Crippen molar-refractivity contribution >= 4 is 22.7 Å². The van der Waals surface area contributed by atoms with Crippen LogP contribution < -0.4 is 0 Å². The van der Waals surface area contributed by atoms with Gasteiger partial charge in [0.15, 0.2) is 0 Å². The normalized spacial score (nSPS) is 15.8. The lowest BCUT2D eigenvalue weighted by molar-refractivity contribution is -0.384. The number of aromatic nitrogens is 2. The van der Waals surface area contributed by atoms with E-state index in [1.54, 1.807) is 24.3 Å². The number of hydrogen-bond acceptors (Lipinski definition) is 5. The van der Waals surface area contributed by atoms with Gasteiger partial charge in [0.25, 0.3) is 5.69 Å². The summed E-state index contributed by atoms with van der Waals surface area (Å²) in [5.74, 6) is 0.227. The molecular formula is C30H31N3O4. The molecule has 0 atom stereocenters. The Morgan fingerprint density at radius 1 is 0.973 bits per heavy atom. The van der Waals surface area contributed by atoms with Crippen LogP contribution in [-0.2, 0) is 15.6 Å². The number of fused-ring (bicyclic) bond motifs is 2. The van der Waals surface area contributed by atoms with Gasteiger partial charge in [0.05, 0.1) is 34.3 Å². The highest BCUT2D eigenvalue weighted by molar-refractivity contribution is 5.95. The highest BCUT2D eigenvalue weighted by Gasteiger charge is 2.37. The van der Waals surface area contributed by atoms with E-state index < -0.39 is 10.9 Å². The summed E-state index contributed by atoms with van der Waals surface area (Å²) in [6.45, 7) is 11.3. The first-order valence-corrected chi connectivity index (χ1v) is 12.4. The number of ether oxygens (including phenoxy) is 1. The summed E-state index contributed by atoms with van der Waals surface area (Å²) in [7, 11) is 1.35. The molecule has 1 aromatic heterocycles. The number of nitro groups is 1. The zero-order valence-electron chi connectivity index (χ0n) is 22.1. The summed E-state index contributed by atoms with van der Waals surface area (Å²) in [5, 5.41) is 11.2. The fraction of sp³-hybridized carbons (Fsp3) is 0.333. The topological polar surface area (TPSA) is 87.3 Å². The molecule has 1 heterocycles. The SMILES string of the molecule is COC(=O)c1ccc2c(c1)nc(-c1ccc([N+](=O)[O-])cc1)n2-c1cc2c(cc1C)C(C)(C)CCC2(C)C. The van der Waals surface area contributed by atoms with Gasteiger partial charge in [-0.05, 0) is 83.7 Å². The van der Waals surface area contributed by atoms with Gasteiger partial charge in [-0.25, -0.2) is 9.78 Å². The molecule has 190 valence electrons. The van der Waals surface area contributed by atoms with E-state index in [2.05, 4.69) is 51.3 Å². The van der Waals surface area contributed by atoms with Crippen LogP contribution in [-0.4, -0.2) is 27.6 Å². The Morgan fingerprint density at radius 3 is 2.19 bits per heavy atom. The number of non-ortho nitro benzene ring substituents is 1. The molecule has 7 nitrogen and oxygen atoms in total. The van der Waals surface area contributed by atoms with Crippen LogP contribution in [0.15, 0.2) is 54.6 Å². The number of nitrogens with zero attached hydrogens (tertiary/aromatic N) is 3. The average molecular weight is 498 g/mol. The molecule has 0 spiro atoms. The van der Waals surface area contributed by atoms with Gasteiger partial charge in [0.1, 0.15) is 5.82 Å². The molecule has 0 bridgehead atoms. The standard InChI is InChI=1S/C30H31N3O4/c1-18-15-22-23(30(4,5)14-13-29(22,2)3)17-26(18)32-25-12-9-20(28(34)37-6)16-24(25)31-27(32)19-7-10-21(11-8-19)33(35)36/h7-12,15-17H,13-14H2,1-6H3. The second-order valence-corrected chi connectivity index (χ2v) is 11.2. The third kappa shape index (κ3) is 4.08. The van der Waals surface area contributed by atoms with Crippen LogP contribution >= 0.6 is 0 Å². The van der Waals surface area contributed by atoms with E-state index in [9.17, 15) is 14.9 Å². The fourth-order valence-electron chi connectivity index (χ4n) is 5.45. The maximum atomic E-state index is 12.2. The number of aryl methyl sites for hydroxylation is 1. The first kappa shape index (κ1) is 24.7. The van der Waals surface area contributed by atoms with Crippen LogP contribution in [0.3, 0.4) is 0 Å². The van der Waals surface area contributed by atoms with Crippen molar-refractivity contribution in [3.63, 3.8) is 0 Å². The van der Waals surface area contributed by atoms with E-state index >= 15 is 0 Å². The van der Waals surface area contributed by atoms with Crippen LogP contribution in [0.2, 0.25) is 0 Å². The largest absolute Gasteiger partial charge is 0.465 e. The Balaban J connectivity index is 1.81. The number of rotatable bonds is 4. The van der Waals surface area contributed by atoms with Gasteiger partial charge in [-0.1, -0.05) is 33.8 Å². The second-order valence-electron chi connectivity index (χ2n) is 11.2. The molecule has 37 heavy (non-hydrogen) atoms.